The Morgan fingerprint density at radius 2 is 2.04 bits per heavy atom. The van der Waals surface area contributed by atoms with Gasteiger partial charge in [-0.15, -0.1) is 0 Å². The third-order valence-electron chi connectivity index (χ3n) is 4.57. The molecule has 1 atom stereocenters. The molecular weight excluding hydrogens is 308 g/mol. The highest BCUT2D eigenvalue weighted by atomic mass is 15.1. The van der Waals surface area contributed by atoms with E-state index in [1.165, 1.54) is 12.0 Å². The maximum atomic E-state index is 9.62. The Labute approximate surface area is 148 Å². The minimum Gasteiger partial charge on any atom is -0.327 e. The zero-order chi connectivity index (χ0) is 17.8. The number of hydrogen-bond acceptors (Lipinski definition) is 3. The summed E-state index contributed by atoms with van der Waals surface area (Å²) in [6.07, 6.45) is 7.62. The van der Waals surface area contributed by atoms with Crippen molar-refractivity contribution in [1.82, 2.24) is 14.5 Å². The van der Waals surface area contributed by atoms with Crippen LogP contribution >= 0.6 is 0 Å². The normalized spacial score (nSPS) is 13.0. The molecule has 0 bridgehead atoms. The van der Waals surface area contributed by atoms with Crippen molar-refractivity contribution in [3.63, 3.8) is 0 Å². The molecule has 2 heterocycles. The van der Waals surface area contributed by atoms with Crippen molar-refractivity contribution >= 4 is 22.7 Å². The number of fused-ring (bicyclic) bond motifs is 1. The molecular formula is C21H22N4. The van der Waals surface area contributed by atoms with Crippen LogP contribution in [-0.2, 0) is 7.05 Å². The topological polar surface area (TPSA) is 54.5 Å². The first-order valence-corrected chi connectivity index (χ1v) is 8.62. The van der Waals surface area contributed by atoms with Gasteiger partial charge in [-0.1, -0.05) is 26.3 Å². The van der Waals surface area contributed by atoms with Crippen LogP contribution in [-0.4, -0.2) is 14.5 Å². The second kappa shape index (κ2) is 7.31. The zero-order valence-corrected chi connectivity index (χ0v) is 14.9. The highest BCUT2D eigenvalue weighted by Crippen LogP contribution is 2.27. The third kappa shape index (κ3) is 3.46. The Balaban J connectivity index is 2.06. The lowest BCUT2D eigenvalue weighted by molar-refractivity contribution is 0.665. The minimum absolute atomic E-state index is 0.516. The van der Waals surface area contributed by atoms with Crippen molar-refractivity contribution in [3.05, 3.63) is 59.7 Å². The van der Waals surface area contributed by atoms with Crippen LogP contribution < -0.4 is 0 Å². The van der Waals surface area contributed by atoms with E-state index < -0.39 is 0 Å². The number of imidazole rings is 1. The van der Waals surface area contributed by atoms with Crippen LogP contribution in [0.1, 0.15) is 49.6 Å². The summed E-state index contributed by atoms with van der Waals surface area (Å²) in [6, 6.07) is 12.5. The molecule has 0 aliphatic heterocycles. The molecule has 1 unspecified atom stereocenters. The fourth-order valence-corrected chi connectivity index (χ4v) is 3.14. The van der Waals surface area contributed by atoms with Crippen LogP contribution in [0.2, 0.25) is 0 Å². The summed E-state index contributed by atoms with van der Waals surface area (Å²) in [7, 11) is 1.96. The van der Waals surface area contributed by atoms with Crippen molar-refractivity contribution in [3.8, 4) is 6.07 Å². The van der Waals surface area contributed by atoms with Gasteiger partial charge < -0.3 is 4.57 Å². The summed E-state index contributed by atoms with van der Waals surface area (Å²) in [5, 5.41) is 9.62. The van der Waals surface area contributed by atoms with Crippen molar-refractivity contribution in [2.45, 2.75) is 32.6 Å². The van der Waals surface area contributed by atoms with Gasteiger partial charge in [0.15, 0.2) is 5.82 Å². The fraction of sp³-hybridized carbons (Fsp3) is 0.286. The van der Waals surface area contributed by atoms with Crippen molar-refractivity contribution in [2.24, 2.45) is 7.05 Å². The van der Waals surface area contributed by atoms with Gasteiger partial charge in [-0.3, -0.25) is 4.98 Å². The molecule has 0 amide bonds. The van der Waals surface area contributed by atoms with Gasteiger partial charge in [-0.25, -0.2) is 4.98 Å². The molecule has 0 aliphatic rings. The Kier molecular flexibility index (Phi) is 4.95. The number of benzene rings is 1. The van der Waals surface area contributed by atoms with Gasteiger partial charge in [0.25, 0.3) is 0 Å². The molecule has 0 saturated heterocycles. The molecule has 2 aromatic heterocycles. The second-order valence-electron chi connectivity index (χ2n) is 6.38. The predicted molar refractivity (Wildman–Crippen MR) is 102 cm³/mol. The van der Waals surface area contributed by atoms with E-state index in [1.807, 2.05) is 29.8 Å². The highest BCUT2D eigenvalue weighted by Gasteiger charge is 2.14. The predicted octanol–water partition coefficient (Wildman–Crippen LogP) is 4.94. The Morgan fingerprint density at radius 1 is 1.28 bits per heavy atom. The van der Waals surface area contributed by atoms with Crippen LogP contribution in [0.4, 0.5) is 0 Å². The SMILES string of the molecule is CCCC(C)c1ccc2c(c1)nc(C(C#N)=Cc1ccncc1)n2C. The van der Waals surface area contributed by atoms with Gasteiger partial charge in [-0.05, 0) is 53.8 Å². The van der Waals surface area contributed by atoms with Gasteiger partial charge >= 0.3 is 0 Å². The summed E-state index contributed by atoms with van der Waals surface area (Å²) in [5.41, 5.74) is 4.77. The smallest absolute Gasteiger partial charge is 0.151 e. The van der Waals surface area contributed by atoms with Gasteiger partial charge in [0.1, 0.15) is 6.07 Å². The van der Waals surface area contributed by atoms with Crippen molar-refractivity contribution < 1.29 is 0 Å². The molecule has 0 spiro atoms. The second-order valence-corrected chi connectivity index (χ2v) is 6.38. The Morgan fingerprint density at radius 3 is 2.72 bits per heavy atom. The van der Waals surface area contributed by atoms with E-state index in [9.17, 15) is 5.26 Å². The molecule has 4 nitrogen and oxygen atoms in total. The zero-order valence-electron chi connectivity index (χ0n) is 14.9. The molecule has 126 valence electrons. The van der Waals surface area contributed by atoms with E-state index in [-0.39, 0.29) is 0 Å². The number of rotatable bonds is 5. The molecule has 3 rings (SSSR count). The van der Waals surface area contributed by atoms with Gasteiger partial charge in [0, 0.05) is 19.4 Å². The number of nitriles is 1. The quantitative estimate of drug-likeness (QED) is 0.623. The molecule has 3 aromatic rings. The van der Waals surface area contributed by atoms with Crippen LogP contribution in [0.5, 0.6) is 0 Å². The monoisotopic (exact) mass is 330 g/mol. The number of aryl methyl sites for hydroxylation is 1. The van der Waals surface area contributed by atoms with E-state index in [0.717, 1.165) is 23.0 Å². The molecule has 0 aliphatic carbocycles. The van der Waals surface area contributed by atoms with Crippen molar-refractivity contribution in [1.29, 1.82) is 5.26 Å². The average molecular weight is 330 g/mol. The van der Waals surface area contributed by atoms with Crippen LogP contribution in [0, 0.1) is 11.3 Å². The number of allylic oxidation sites excluding steroid dienone is 1. The van der Waals surface area contributed by atoms with E-state index in [0.29, 0.717) is 17.3 Å². The molecule has 1 aromatic carbocycles. The first kappa shape index (κ1) is 16.9. The molecule has 0 saturated carbocycles. The largest absolute Gasteiger partial charge is 0.327 e. The summed E-state index contributed by atoms with van der Waals surface area (Å²) >= 11 is 0. The Bertz CT molecular complexity index is 945. The van der Waals surface area contributed by atoms with E-state index in [1.54, 1.807) is 12.4 Å². The molecule has 0 radical (unpaired) electrons. The standard InChI is InChI=1S/C21H22N4/c1-4-5-15(2)17-6-7-20-19(13-17)24-21(25(20)3)18(14-22)12-16-8-10-23-11-9-16/h6-13,15H,4-5H2,1-3H3. The number of nitrogens with zero attached hydrogens (tertiary/aromatic N) is 4. The van der Waals surface area contributed by atoms with E-state index >= 15 is 0 Å². The molecule has 25 heavy (non-hydrogen) atoms. The molecule has 4 heteroatoms. The molecule has 0 fully saturated rings. The van der Waals surface area contributed by atoms with Gasteiger partial charge in [0.2, 0.25) is 0 Å². The van der Waals surface area contributed by atoms with Crippen LogP contribution in [0.15, 0.2) is 42.7 Å². The number of aromatic nitrogens is 3. The highest BCUT2D eigenvalue weighted by molar-refractivity contribution is 5.90. The van der Waals surface area contributed by atoms with Crippen LogP contribution in [0.3, 0.4) is 0 Å². The number of pyridine rings is 1. The van der Waals surface area contributed by atoms with Gasteiger partial charge in [-0.2, -0.15) is 5.26 Å². The maximum absolute atomic E-state index is 9.62. The lowest BCUT2D eigenvalue weighted by Gasteiger charge is -2.10. The Hall–Kier alpha value is -2.93. The molecule has 0 N–H and O–H groups in total. The lowest BCUT2D eigenvalue weighted by Crippen LogP contribution is -1.96. The van der Waals surface area contributed by atoms with Crippen LogP contribution in [0.25, 0.3) is 22.7 Å². The summed E-state index contributed by atoms with van der Waals surface area (Å²) in [6.45, 7) is 4.45. The van der Waals surface area contributed by atoms with Gasteiger partial charge in [0.05, 0.1) is 16.6 Å². The lowest BCUT2D eigenvalue weighted by atomic mass is 9.96. The fourth-order valence-electron chi connectivity index (χ4n) is 3.14. The average Bonchev–Trinajstić information content (AvgIpc) is 2.97. The summed E-state index contributed by atoms with van der Waals surface area (Å²) in [5.74, 6) is 1.21. The summed E-state index contributed by atoms with van der Waals surface area (Å²) < 4.78 is 1.99. The first-order chi connectivity index (χ1) is 12.1. The number of hydrogen-bond donors (Lipinski definition) is 0. The van der Waals surface area contributed by atoms with Crippen molar-refractivity contribution in [2.75, 3.05) is 0 Å². The first-order valence-electron chi connectivity index (χ1n) is 8.62. The van der Waals surface area contributed by atoms with E-state index in [4.69, 9.17) is 4.98 Å². The minimum atomic E-state index is 0.516. The summed E-state index contributed by atoms with van der Waals surface area (Å²) in [4.78, 5) is 8.75. The third-order valence-corrected chi connectivity index (χ3v) is 4.57. The maximum Gasteiger partial charge on any atom is 0.151 e. The van der Waals surface area contributed by atoms with E-state index in [2.05, 4.69) is 43.1 Å².